The van der Waals surface area contributed by atoms with Crippen LogP contribution in [0, 0.1) is 5.92 Å². The van der Waals surface area contributed by atoms with Crippen molar-refractivity contribution in [1.82, 2.24) is 4.90 Å². The van der Waals surface area contributed by atoms with Crippen LogP contribution in [-0.2, 0) is 9.59 Å². The molecular formula is C23H26N2O3. The fourth-order valence-corrected chi connectivity index (χ4v) is 4.13. The summed E-state index contributed by atoms with van der Waals surface area (Å²) < 4.78 is 5.77. The molecule has 1 atom stereocenters. The van der Waals surface area contributed by atoms with Crippen LogP contribution in [0.25, 0.3) is 0 Å². The fraction of sp³-hybridized carbons (Fsp3) is 0.391. The van der Waals surface area contributed by atoms with Gasteiger partial charge in [-0.05, 0) is 49.2 Å². The second kappa shape index (κ2) is 8.46. The Labute approximate surface area is 165 Å². The number of anilines is 1. The summed E-state index contributed by atoms with van der Waals surface area (Å²) >= 11 is 0. The van der Waals surface area contributed by atoms with Gasteiger partial charge in [0.05, 0.1) is 5.92 Å². The van der Waals surface area contributed by atoms with Gasteiger partial charge in [0, 0.05) is 24.7 Å². The molecule has 1 N–H and O–H groups in total. The maximum Gasteiger partial charge on any atom is 0.229 e. The molecule has 1 aliphatic carbocycles. The molecule has 0 radical (unpaired) electrons. The summed E-state index contributed by atoms with van der Waals surface area (Å²) in [4.78, 5) is 27.0. The zero-order chi connectivity index (χ0) is 19.3. The van der Waals surface area contributed by atoms with E-state index in [9.17, 15) is 9.59 Å². The number of hydrogen-bond acceptors (Lipinski definition) is 3. The summed E-state index contributed by atoms with van der Waals surface area (Å²) in [7, 11) is 0. The van der Waals surface area contributed by atoms with E-state index in [0.717, 1.165) is 18.6 Å². The molecule has 1 saturated carbocycles. The molecule has 2 amide bonds. The van der Waals surface area contributed by atoms with E-state index in [1.54, 1.807) is 0 Å². The van der Waals surface area contributed by atoms with Crippen LogP contribution in [0.2, 0.25) is 0 Å². The van der Waals surface area contributed by atoms with E-state index in [1.807, 2.05) is 59.5 Å². The average molecular weight is 378 g/mol. The summed E-state index contributed by atoms with van der Waals surface area (Å²) in [5, 5.41) is 2.95. The summed E-state index contributed by atoms with van der Waals surface area (Å²) in [6, 6.07) is 17.2. The highest BCUT2D eigenvalue weighted by atomic mass is 16.5. The Balaban J connectivity index is 1.33. The van der Waals surface area contributed by atoms with Crippen molar-refractivity contribution in [3.8, 4) is 11.5 Å². The van der Waals surface area contributed by atoms with Gasteiger partial charge in [-0.2, -0.15) is 0 Å². The van der Waals surface area contributed by atoms with Gasteiger partial charge in [-0.15, -0.1) is 0 Å². The van der Waals surface area contributed by atoms with Crippen molar-refractivity contribution >= 4 is 17.5 Å². The number of amides is 2. The van der Waals surface area contributed by atoms with Crippen LogP contribution in [0.4, 0.5) is 5.69 Å². The highest BCUT2D eigenvalue weighted by molar-refractivity contribution is 5.97. The van der Waals surface area contributed by atoms with E-state index in [-0.39, 0.29) is 17.7 Å². The van der Waals surface area contributed by atoms with E-state index in [4.69, 9.17) is 4.74 Å². The van der Waals surface area contributed by atoms with Crippen molar-refractivity contribution in [3.05, 3.63) is 54.6 Å². The third kappa shape index (κ3) is 4.35. The Morgan fingerprint density at radius 3 is 2.32 bits per heavy atom. The molecule has 0 unspecified atom stereocenters. The Hall–Kier alpha value is -2.82. The average Bonchev–Trinajstić information content (AvgIpc) is 3.13. The molecule has 2 aromatic rings. The van der Waals surface area contributed by atoms with Gasteiger partial charge in [0.25, 0.3) is 0 Å². The Bertz CT molecular complexity index is 814. The first-order valence-electron chi connectivity index (χ1n) is 10.1. The molecule has 2 fully saturated rings. The van der Waals surface area contributed by atoms with Crippen molar-refractivity contribution in [2.24, 2.45) is 5.92 Å². The van der Waals surface area contributed by atoms with Gasteiger partial charge in [0.1, 0.15) is 11.5 Å². The number of benzene rings is 2. The maximum absolute atomic E-state index is 12.6. The van der Waals surface area contributed by atoms with Crippen LogP contribution >= 0.6 is 0 Å². The van der Waals surface area contributed by atoms with Crippen molar-refractivity contribution in [3.63, 3.8) is 0 Å². The Morgan fingerprint density at radius 1 is 0.929 bits per heavy atom. The third-order valence-electron chi connectivity index (χ3n) is 5.65. The molecule has 5 heteroatoms. The van der Waals surface area contributed by atoms with Crippen LogP contribution < -0.4 is 10.1 Å². The summed E-state index contributed by atoms with van der Waals surface area (Å²) in [6.07, 6.45) is 6.08. The minimum atomic E-state index is -0.269. The molecule has 4 rings (SSSR count). The first kappa shape index (κ1) is 18.5. The van der Waals surface area contributed by atoms with Gasteiger partial charge in [0.15, 0.2) is 0 Å². The van der Waals surface area contributed by atoms with E-state index in [1.165, 1.54) is 19.3 Å². The number of carbonyl (C=O) groups excluding carboxylic acids is 2. The minimum absolute atomic E-state index is 0.0802. The summed E-state index contributed by atoms with van der Waals surface area (Å²) in [6.45, 7) is 0.546. The lowest BCUT2D eigenvalue weighted by Crippen LogP contribution is -2.38. The van der Waals surface area contributed by atoms with Crippen molar-refractivity contribution in [1.29, 1.82) is 0 Å². The predicted molar refractivity (Wildman–Crippen MR) is 108 cm³/mol. The van der Waals surface area contributed by atoms with E-state index < -0.39 is 0 Å². The third-order valence-corrected chi connectivity index (χ3v) is 5.65. The Kier molecular flexibility index (Phi) is 5.60. The van der Waals surface area contributed by atoms with Crippen LogP contribution in [-0.4, -0.2) is 29.3 Å². The van der Waals surface area contributed by atoms with Crippen molar-refractivity contribution in [2.45, 2.75) is 44.6 Å². The van der Waals surface area contributed by atoms with Gasteiger partial charge < -0.3 is 15.0 Å². The van der Waals surface area contributed by atoms with Crippen LogP contribution in [0.1, 0.15) is 38.5 Å². The molecule has 5 nitrogen and oxygen atoms in total. The molecule has 1 heterocycles. The zero-order valence-electron chi connectivity index (χ0n) is 16.0. The number of ether oxygens (including phenoxy) is 1. The van der Waals surface area contributed by atoms with Crippen LogP contribution in [0.15, 0.2) is 54.6 Å². The lowest BCUT2D eigenvalue weighted by Gasteiger charge is -2.31. The topological polar surface area (TPSA) is 58.6 Å². The molecule has 28 heavy (non-hydrogen) atoms. The molecule has 0 bridgehead atoms. The van der Waals surface area contributed by atoms with Gasteiger partial charge in [0.2, 0.25) is 11.8 Å². The second-order valence-corrected chi connectivity index (χ2v) is 7.67. The van der Waals surface area contributed by atoms with E-state index in [0.29, 0.717) is 30.4 Å². The second-order valence-electron chi connectivity index (χ2n) is 7.67. The largest absolute Gasteiger partial charge is 0.457 e. The van der Waals surface area contributed by atoms with E-state index in [2.05, 4.69) is 5.32 Å². The molecule has 0 spiro atoms. The van der Waals surface area contributed by atoms with Crippen LogP contribution in [0.3, 0.4) is 0 Å². The molecule has 1 aliphatic heterocycles. The van der Waals surface area contributed by atoms with Gasteiger partial charge in [-0.25, -0.2) is 0 Å². The van der Waals surface area contributed by atoms with Gasteiger partial charge in [-0.1, -0.05) is 37.5 Å². The number of likely N-dealkylation sites (tertiary alicyclic amines) is 1. The quantitative estimate of drug-likeness (QED) is 0.827. The monoisotopic (exact) mass is 378 g/mol. The first-order chi connectivity index (χ1) is 13.7. The standard InChI is InChI=1S/C23H26N2O3/c26-22-15-17(16-25(22)19-7-3-1-4-8-19)23(27)24-18-11-13-21(14-12-18)28-20-9-5-2-6-10-20/h2,5-6,9-14,17,19H,1,3-4,7-8,15-16H2,(H,24,27)/t17-/m0/s1. The van der Waals surface area contributed by atoms with Crippen LogP contribution in [0.5, 0.6) is 11.5 Å². The number of carbonyl (C=O) groups is 2. The number of nitrogens with zero attached hydrogens (tertiary/aromatic N) is 1. The van der Waals surface area contributed by atoms with Crippen molar-refractivity contribution < 1.29 is 14.3 Å². The fourth-order valence-electron chi connectivity index (χ4n) is 4.13. The lowest BCUT2D eigenvalue weighted by molar-refractivity contribution is -0.130. The zero-order valence-corrected chi connectivity index (χ0v) is 16.0. The smallest absolute Gasteiger partial charge is 0.229 e. The van der Waals surface area contributed by atoms with E-state index >= 15 is 0 Å². The maximum atomic E-state index is 12.6. The lowest BCUT2D eigenvalue weighted by atomic mass is 9.94. The number of nitrogens with one attached hydrogen (secondary N) is 1. The SMILES string of the molecule is O=C(Nc1ccc(Oc2ccccc2)cc1)[C@H]1CC(=O)N(C2CCCCC2)C1. The predicted octanol–water partition coefficient (Wildman–Crippen LogP) is 4.60. The normalized spacial score (nSPS) is 20.2. The molecule has 2 aliphatic rings. The Morgan fingerprint density at radius 2 is 1.61 bits per heavy atom. The molecule has 2 aromatic carbocycles. The summed E-state index contributed by atoms with van der Waals surface area (Å²) in [5.41, 5.74) is 0.717. The number of hydrogen-bond donors (Lipinski definition) is 1. The number of rotatable bonds is 5. The molecular weight excluding hydrogens is 352 g/mol. The highest BCUT2D eigenvalue weighted by Crippen LogP contribution is 2.29. The first-order valence-corrected chi connectivity index (χ1v) is 10.1. The molecule has 1 saturated heterocycles. The van der Waals surface area contributed by atoms with Crippen molar-refractivity contribution in [2.75, 3.05) is 11.9 Å². The molecule has 146 valence electrons. The highest BCUT2D eigenvalue weighted by Gasteiger charge is 2.38. The van der Waals surface area contributed by atoms with Gasteiger partial charge in [-0.3, -0.25) is 9.59 Å². The van der Waals surface area contributed by atoms with Gasteiger partial charge >= 0.3 is 0 Å². The minimum Gasteiger partial charge on any atom is -0.457 e. The number of para-hydroxylation sites is 1. The molecule has 0 aromatic heterocycles. The summed E-state index contributed by atoms with van der Waals surface area (Å²) in [5.74, 6) is 1.26.